The van der Waals surface area contributed by atoms with Crippen LogP contribution in [0.2, 0.25) is 0 Å². The fraction of sp³-hybridized carbons (Fsp3) is 1.00. The zero-order chi connectivity index (χ0) is 10.3. The number of methoxy groups -OCH3 is 1. The van der Waals surface area contributed by atoms with Gasteiger partial charge in [-0.2, -0.15) is 0 Å². The Hall–Kier alpha value is -0.120. The van der Waals surface area contributed by atoms with Crippen LogP contribution in [0.1, 0.15) is 33.1 Å². The summed E-state index contributed by atoms with van der Waals surface area (Å²) in [5.74, 6) is 0.474. The third kappa shape index (κ3) is 6.02. The predicted molar refractivity (Wildman–Crippen MR) is 52.6 cm³/mol. The lowest BCUT2D eigenvalue weighted by Gasteiger charge is -2.22. The Morgan fingerprint density at radius 2 is 1.92 bits per heavy atom. The zero-order valence-corrected chi connectivity index (χ0v) is 8.86. The normalized spacial score (nSPS) is 16.2. The van der Waals surface area contributed by atoms with Gasteiger partial charge in [-0.1, -0.05) is 13.8 Å². The van der Waals surface area contributed by atoms with Crippen molar-refractivity contribution in [2.75, 3.05) is 13.7 Å². The second-order valence-electron chi connectivity index (χ2n) is 3.84. The van der Waals surface area contributed by atoms with E-state index in [4.69, 9.17) is 9.84 Å². The van der Waals surface area contributed by atoms with Crippen molar-refractivity contribution in [1.82, 2.24) is 0 Å². The van der Waals surface area contributed by atoms with Crippen molar-refractivity contribution in [2.24, 2.45) is 5.92 Å². The van der Waals surface area contributed by atoms with Gasteiger partial charge in [0.05, 0.1) is 12.2 Å². The molecule has 0 radical (unpaired) electrons. The van der Waals surface area contributed by atoms with Gasteiger partial charge >= 0.3 is 0 Å². The molecule has 0 aromatic rings. The summed E-state index contributed by atoms with van der Waals surface area (Å²) >= 11 is 0. The van der Waals surface area contributed by atoms with Crippen LogP contribution >= 0.6 is 0 Å². The molecule has 0 spiro atoms. The predicted octanol–water partition coefficient (Wildman–Crippen LogP) is 1.18. The molecule has 3 nitrogen and oxygen atoms in total. The van der Waals surface area contributed by atoms with Gasteiger partial charge < -0.3 is 14.9 Å². The molecule has 80 valence electrons. The van der Waals surface area contributed by atoms with Crippen molar-refractivity contribution >= 4 is 0 Å². The van der Waals surface area contributed by atoms with E-state index in [1.165, 1.54) is 0 Å². The minimum atomic E-state index is -0.406. The fourth-order valence-electron chi connectivity index (χ4n) is 1.39. The van der Waals surface area contributed by atoms with Gasteiger partial charge in [-0.15, -0.1) is 0 Å². The monoisotopic (exact) mass is 190 g/mol. The summed E-state index contributed by atoms with van der Waals surface area (Å²) in [6.45, 7) is 4.30. The van der Waals surface area contributed by atoms with Crippen LogP contribution < -0.4 is 0 Å². The van der Waals surface area contributed by atoms with E-state index in [-0.39, 0.29) is 12.7 Å². The van der Waals surface area contributed by atoms with Crippen molar-refractivity contribution in [3.8, 4) is 0 Å². The van der Waals surface area contributed by atoms with Crippen molar-refractivity contribution in [3.05, 3.63) is 0 Å². The molecule has 0 heterocycles. The maximum Gasteiger partial charge on any atom is 0.0831 e. The van der Waals surface area contributed by atoms with Crippen molar-refractivity contribution < 1.29 is 14.9 Å². The molecule has 0 aromatic heterocycles. The molecule has 0 saturated carbocycles. The van der Waals surface area contributed by atoms with E-state index < -0.39 is 6.10 Å². The molecule has 0 saturated heterocycles. The first-order valence-corrected chi connectivity index (χ1v) is 4.93. The molecule has 3 heteroatoms. The third-order valence-electron chi connectivity index (χ3n) is 2.09. The fourth-order valence-corrected chi connectivity index (χ4v) is 1.39. The smallest absolute Gasteiger partial charge is 0.0831 e. The molecule has 2 unspecified atom stereocenters. The van der Waals surface area contributed by atoms with Crippen molar-refractivity contribution in [3.63, 3.8) is 0 Å². The summed E-state index contributed by atoms with van der Waals surface area (Å²) in [7, 11) is 1.60. The van der Waals surface area contributed by atoms with E-state index in [1.807, 2.05) is 0 Å². The standard InChI is InChI=1S/C10H22O3/c1-8(2)7-9(12)10(13-3)5-4-6-11/h8-12H,4-7H2,1-3H3. The van der Waals surface area contributed by atoms with E-state index in [0.29, 0.717) is 12.3 Å². The lowest BCUT2D eigenvalue weighted by molar-refractivity contribution is -0.0277. The van der Waals surface area contributed by atoms with Crippen LogP contribution in [0.5, 0.6) is 0 Å². The first-order chi connectivity index (χ1) is 6.11. The Morgan fingerprint density at radius 3 is 2.31 bits per heavy atom. The molecule has 0 fully saturated rings. The Balaban J connectivity index is 3.77. The Labute approximate surface area is 80.7 Å². The van der Waals surface area contributed by atoms with Crippen LogP contribution in [0.3, 0.4) is 0 Å². The lowest BCUT2D eigenvalue weighted by atomic mass is 9.99. The number of hydrogen-bond acceptors (Lipinski definition) is 3. The van der Waals surface area contributed by atoms with Crippen molar-refractivity contribution in [2.45, 2.75) is 45.3 Å². The van der Waals surface area contributed by atoms with E-state index in [1.54, 1.807) is 7.11 Å². The SMILES string of the molecule is COC(CCCO)C(O)CC(C)C. The molecule has 0 aliphatic carbocycles. The average molecular weight is 190 g/mol. The molecule has 13 heavy (non-hydrogen) atoms. The van der Waals surface area contributed by atoms with Gasteiger partial charge in [-0.3, -0.25) is 0 Å². The second-order valence-corrected chi connectivity index (χ2v) is 3.84. The van der Waals surface area contributed by atoms with Crippen LogP contribution in [0.4, 0.5) is 0 Å². The molecule has 0 aromatic carbocycles. The largest absolute Gasteiger partial charge is 0.396 e. The van der Waals surface area contributed by atoms with Gasteiger partial charge in [0, 0.05) is 13.7 Å². The summed E-state index contributed by atoms with van der Waals surface area (Å²) in [5, 5.41) is 18.3. The Kier molecular flexibility index (Phi) is 7.23. The molecule has 0 aliphatic rings. The molecule has 0 rings (SSSR count). The van der Waals surface area contributed by atoms with Crippen LogP contribution in [-0.4, -0.2) is 36.1 Å². The number of aliphatic hydroxyl groups excluding tert-OH is 2. The number of hydrogen-bond donors (Lipinski definition) is 2. The average Bonchev–Trinajstić information content (AvgIpc) is 2.04. The molecule has 2 atom stereocenters. The maximum atomic E-state index is 9.70. The highest BCUT2D eigenvalue weighted by atomic mass is 16.5. The third-order valence-corrected chi connectivity index (χ3v) is 2.09. The quantitative estimate of drug-likeness (QED) is 0.634. The molecule has 0 bridgehead atoms. The maximum absolute atomic E-state index is 9.70. The van der Waals surface area contributed by atoms with Crippen LogP contribution in [0.15, 0.2) is 0 Å². The van der Waals surface area contributed by atoms with Gasteiger partial charge in [-0.05, 0) is 25.2 Å². The first-order valence-electron chi connectivity index (χ1n) is 4.93. The highest BCUT2D eigenvalue weighted by Crippen LogP contribution is 2.14. The van der Waals surface area contributed by atoms with Crippen LogP contribution in [-0.2, 0) is 4.74 Å². The van der Waals surface area contributed by atoms with Crippen LogP contribution in [0.25, 0.3) is 0 Å². The van der Waals surface area contributed by atoms with E-state index in [9.17, 15) is 5.11 Å². The topological polar surface area (TPSA) is 49.7 Å². The van der Waals surface area contributed by atoms with Crippen LogP contribution in [0, 0.1) is 5.92 Å². The number of aliphatic hydroxyl groups is 2. The summed E-state index contributed by atoms with van der Waals surface area (Å²) < 4.78 is 5.15. The molecule has 0 amide bonds. The van der Waals surface area contributed by atoms with Gasteiger partial charge in [-0.25, -0.2) is 0 Å². The van der Waals surface area contributed by atoms with E-state index in [0.717, 1.165) is 12.8 Å². The number of ether oxygens (including phenoxy) is 1. The minimum absolute atomic E-state index is 0.130. The summed E-state index contributed by atoms with van der Waals surface area (Å²) in [4.78, 5) is 0. The molecule has 2 N–H and O–H groups in total. The number of rotatable bonds is 7. The Morgan fingerprint density at radius 1 is 1.31 bits per heavy atom. The van der Waals surface area contributed by atoms with Gasteiger partial charge in [0.25, 0.3) is 0 Å². The highest BCUT2D eigenvalue weighted by Gasteiger charge is 2.18. The lowest BCUT2D eigenvalue weighted by Crippen LogP contribution is -2.29. The second kappa shape index (κ2) is 7.30. The molecular formula is C10H22O3. The zero-order valence-electron chi connectivity index (χ0n) is 8.86. The molecular weight excluding hydrogens is 168 g/mol. The Bertz CT molecular complexity index is 115. The summed E-state index contributed by atoms with van der Waals surface area (Å²) in [6.07, 6.45) is 1.63. The summed E-state index contributed by atoms with van der Waals surface area (Å²) in [6, 6.07) is 0. The van der Waals surface area contributed by atoms with E-state index in [2.05, 4.69) is 13.8 Å². The minimum Gasteiger partial charge on any atom is -0.396 e. The van der Waals surface area contributed by atoms with Crippen molar-refractivity contribution in [1.29, 1.82) is 0 Å². The van der Waals surface area contributed by atoms with Gasteiger partial charge in [0.2, 0.25) is 0 Å². The van der Waals surface area contributed by atoms with E-state index >= 15 is 0 Å². The molecule has 0 aliphatic heterocycles. The van der Waals surface area contributed by atoms with Gasteiger partial charge in [0.1, 0.15) is 0 Å². The summed E-state index contributed by atoms with van der Waals surface area (Å²) in [5.41, 5.74) is 0. The highest BCUT2D eigenvalue weighted by molar-refractivity contribution is 4.70. The van der Waals surface area contributed by atoms with Gasteiger partial charge in [0.15, 0.2) is 0 Å². The first kappa shape index (κ1) is 12.9.